The van der Waals surface area contributed by atoms with E-state index in [0.29, 0.717) is 11.5 Å². The number of amides is 1. The third kappa shape index (κ3) is 6.53. The number of thioether (sulfide) groups is 1. The maximum absolute atomic E-state index is 12.1. The van der Waals surface area contributed by atoms with Crippen molar-refractivity contribution in [1.29, 1.82) is 0 Å². The number of rotatable bonds is 6. The maximum atomic E-state index is 12.1. The molecule has 0 aliphatic carbocycles. The Morgan fingerprint density at radius 2 is 1.81 bits per heavy atom. The van der Waals surface area contributed by atoms with Crippen LogP contribution in [0.2, 0.25) is 0 Å². The van der Waals surface area contributed by atoms with Gasteiger partial charge in [0.1, 0.15) is 5.75 Å². The molecule has 1 rings (SSSR count). The lowest BCUT2D eigenvalue weighted by Crippen LogP contribution is -2.29. The van der Waals surface area contributed by atoms with Crippen LogP contribution in [0.1, 0.15) is 20.8 Å². The molecule has 0 heterocycles. The summed E-state index contributed by atoms with van der Waals surface area (Å²) < 4.78 is 5.09. The summed E-state index contributed by atoms with van der Waals surface area (Å²) in [5.41, 5.74) is 0.747. The molecule has 0 saturated carbocycles. The largest absolute Gasteiger partial charge is 0.482 e. The fourth-order valence-electron chi connectivity index (χ4n) is 1.43. The molecule has 0 aliphatic rings. The van der Waals surface area contributed by atoms with Gasteiger partial charge in [0.2, 0.25) is 5.91 Å². The number of benzene rings is 1. The fraction of sp³-hybridized carbons (Fsp3) is 0.467. The second-order valence-electron chi connectivity index (χ2n) is 5.53. The Morgan fingerprint density at radius 3 is 2.29 bits per heavy atom. The van der Waals surface area contributed by atoms with Gasteiger partial charge in [-0.2, -0.15) is 0 Å². The van der Waals surface area contributed by atoms with Crippen molar-refractivity contribution >= 4 is 29.3 Å². The van der Waals surface area contributed by atoms with Crippen molar-refractivity contribution in [3.63, 3.8) is 0 Å². The van der Waals surface area contributed by atoms with Gasteiger partial charge in [-0.3, -0.25) is 4.79 Å². The zero-order valence-corrected chi connectivity index (χ0v) is 13.6. The van der Waals surface area contributed by atoms with Gasteiger partial charge < -0.3 is 14.7 Å². The standard InChI is InChI=1S/C15H21NO4S/c1-15(2,3)21-10-13(17)16(4)11-5-7-12(8-6-11)20-9-14(18)19/h5-8H,9-10H2,1-4H3,(H,18,19). The molecule has 21 heavy (non-hydrogen) atoms. The zero-order chi connectivity index (χ0) is 16.0. The first-order valence-corrected chi connectivity index (χ1v) is 7.53. The highest BCUT2D eigenvalue weighted by Crippen LogP contribution is 2.24. The van der Waals surface area contributed by atoms with Crippen LogP contribution < -0.4 is 9.64 Å². The molecule has 0 aromatic heterocycles. The van der Waals surface area contributed by atoms with Gasteiger partial charge in [-0.1, -0.05) is 20.8 Å². The van der Waals surface area contributed by atoms with E-state index in [4.69, 9.17) is 9.84 Å². The summed E-state index contributed by atoms with van der Waals surface area (Å²) in [4.78, 5) is 24.1. The van der Waals surface area contributed by atoms with Crippen LogP contribution in [0, 0.1) is 0 Å². The molecule has 1 aromatic rings. The van der Waals surface area contributed by atoms with Gasteiger partial charge in [0.05, 0.1) is 5.75 Å². The second kappa shape index (κ2) is 7.36. The molecular formula is C15H21NO4S. The van der Waals surface area contributed by atoms with E-state index in [1.54, 1.807) is 48.0 Å². The van der Waals surface area contributed by atoms with Crippen molar-refractivity contribution in [3.8, 4) is 5.75 Å². The lowest BCUT2D eigenvalue weighted by atomic mass is 10.3. The molecule has 116 valence electrons. The van der Waals surface area contributed by atoms with Crippen molar-refractivity contribution in [1.82, 2.24) is 0 Å². The van der Waals surface area contributed by atoms with Gasteiger partial charge in [-0.15, -0.1) is 11.8 Å². The summed E-state index contributed by atoms with van der Waals surface area (Å²) in [7, 11) is 1.72. The molecule has 0 spiro atoms. The van der Waals surface area contributed by atoms with E-state index in [-0.39, 0.29) is 17.3 Å². The maximum Gasteiger partial charge on any atom is 0.341 e. The quantitative estimate of drug-likeness (QED) is 0.875. The van der Waals surface area contributed by atoms with E-state index >= 15 is 0 Å². The molecule has 1 amide bonds. The smallest absolute Gasteiger partial charge is 0.341 e. The first kappa shape index (κ1) is 17.4. The Bertz CT molecular complexity index is 493. The first-order chi connectivity index (χ1) is 9.69. The highest BCUT2D eigenvalue weighted by molar-refractivity contribution is 8.01. The Hall–Kier alpha value is -1.69. The first-order valence-electron chi connectivity index (χ1n) is 6.54. The lowest BCUT2D eigenvalue weighted by Gasteiger charge is -2.21. The minimum atomic E-state index is -1.02. The minimum Gasteiger partial charge on any atom is -0.482 e. The number of carbonyl (C=O) groups is 2. The van der Waals surface area contributed by atoms with E-state index in [9.17, 15) is 9.59 Å². The van der Waals surface area contributed by atoms with Gasteiger partial charge in [0.15, 0.2) is 6.61 Å². The third-order valence-electron chi connectivity index (χ3n) is 2.59. The van der Waals surface area contributed by atoms with E-state index in [0.717, 1.165) is 5.69 Å². The summed E-state index contributed by atoms with van der Waals surface area (Å²) in [5, 5.41) is 8.53. The number of carbonyl (C=O) groups excluding carboxylic acids is 1. The van der Waals surface area contributed by atoms with Crippen molar-refractivity contribution < 1.29 is 19.4 Å². The average Bonchev–Trinajstić information content (AvgIpc) is 2.41. The number of anilines is 1. The van der Waals surface area contributed by atoms with Gasteiger partial charge in [0.25, 0.3) is 0 Å². The van der Waals surface area contributed by atoms with E-state index in [2.05, 4.69) is 20.8 Å². The van der Waals surface area contributed by atoms with Crippen molar-refractivity contribution in [2.75, 3.05) is 24.3 Å². The van der Waals surface area contributed by atoms with Crippen LogP contribution >= 0.6 is 11.8 Å². The Kier molecular flexibility index (Phi) is 6.08. The molecule has 0 unspecified atom stereocenters. The number of carboxylic acid groups (broad SMARTS) is 1. The normalized spacial score (nSPS) is 11.0. The molecule has 1 aromatic carbocycles. The number of hydrogen-bond donors (Lipinski definition) is 1. The summed E-state index contributed by atoms with van der Waals surface area (Å²) in [5.74, 6) is -0.122. The predicted molar refractivity (Wildman–Crippen MR) is 85.2 cm³/mol. The molecule has 0 bridgehead atoms. The van der Waals surface area contributed by atoms with E-state index in [1.807, 2.05) is 0 Å². The molecule has 1 N–H and O–H groups in total. The second-order valence-corrected chi connectivity index (χ2v) is 7.33. The zero-order valence-electron chi connectivity index (χ0n) is 12.8. The van der Waals surface area contributed by atoms with E-state index < -0.39 is 5.97 Å². The molecule has 6 heteroatoms. The fourth-order valence-corrected chi connectivity index (χ4v) is 2.18. The number of carboxylic acids is 1. The van der Waals surface area contributed by atoms with Gasteiger partial charge >= 0.3 is 5.97 Å². The average molecular weight is 311 g/mol. The number of ether oxygens (including phenoxy) is 1. The van der Waals surface area contributed by atoms with Crippen LogP contribution in [-0.4, -0.2) is 41.1 Å². The van der Waals surface area contributed by atoms with Gasteiger partial charge in [-0.25, -0.2) is 4.79 Å². The topological polar surface area (TPSA) is 66.8 Å². The molecular weight excluding hydrogens is 290 g/mol. The van der Waals surface area contributed by atoms with Crippen LogP contribution in [0.4, 0.5) is 5.69 Å². The summed E-state index contributed by atoms with van der Waals surface area (Å²) >= 11 is 1.60. The van der Waals surface area contributed by atoms with Crippen LogP contribution in [0.3, 0.4) is 0 Å². The summed E-state index contributed by atoms with van der Waals surface area (Å²) in [6.45, 7) is 5.83. The van der Waals surface area contributed by atoms with Crippen LogP contribution in [0.5, 0.6) is 5.75 Å². The highest BCUT2D eigenvalue weighted by Gasteiger charge is 2.16. The molecule has 0 atom stereocenters. The SMILES string of the molecule is CN(C(=O)CSC(C)(C)C)c1ccc(OCC(=O)O)cc1. The Labute approximate surface area is 129 Å². The molecule has 0 fully saturated rings. The minimum absolute atomic E-state index is 0.0223. The number of aliphatic carboxylic acids is 1. The monoisotopic (exact) mass is 311 g/mol. The predicted octanol–water partition coefficient (Wildman–Crippen LogP) is 2.64. The summed E-state index contributed by atoms with van der Waals surface area (Å²) in [6.07, 6.45) is 0. The Balaban J connectivity index is 2.60. The van der Waals surface area contributed by atoms with Crippen molar-refractivity contribution in [3.05, 3.63) is 24.3 Å². The van der Waals surface area contributed by atoms with Gasteiger partial charge in [-0.05, 0) is 24.3 Å². The van der Waals surface area contributed by atoms with Crippen LogP contribution in [0.15, 0.2) is 24.3 Å². The molecule has 5 nitrogen and oxygen atoms in total. The highest BCUT2D eigenvalue weighted by atomic mass is 32.2. The van der Waals surface area contributed by atoms with E-state index in [1.165, 1.54) is 0 Å². The number of nitrogens with zero attached hydrogens (tertiary/aromatic N) is 1. The Morgan fingerprint density at radius 1 is 1.24 bits per heavy atom. The molecule has 0 radical (unpaired) electrons. The number of hydrogen-bond acceptors (Lipinski definition) is 4. The molecule has 0 saturated heterocycles. The van der Waals surface area contributed by atoms with Crippen LogP contribution in [0.25, 0.3) is 0 Å². The van der Waals surface area contributed by atoms with Crippen molar-refractivity contribution in [2.24, 2.45) is 0 Å². The summed E-state index contributed by atoms with van der Waals surface area (Å²) in [6, 6.07) is 6.77. The van der Waals surface area contributed by atoms with Gasteiger partial charge in [0, 0.05) is 17.5 Å². The van der Waals surface area contributed by atoms with Crippen molar-refractivity contribution in [2.45, 2.75) is 25.5 Å². The third-order valence-corrected chi connectivity index (χ3v) is 3.85. The van der Waals surface area contributed by atoms with Crippen LogP contribution in [-0.2, 0) is 9.59 Å². The molecule has 0 aliphatic heterocycles. The lowest BCUT2D eigenvalue weighted by molar-refractivity contribution is -0.139.